The van der Waals surface area contributed by atoms with Gasteiger partial charge in [0.2, 0.25) is 0 Å². The number of halogens is 4. The molecule has 0 aromatic heterocycles. The fraction of sp³-hybridized carbons (Fsp3) is 0.462. The number of hydrogen-bond acceptors (Lipinski definition) is 0. The van der Waals surface area contributed by atoms with Crippen LogP contribution in [-0.4, -0.2) is 6.18 Å². The molecule has 3 rings (SSSR count). The average Bonchev–Trinajstić information content (AvgIpc) is 2.73. The number of hydrogen-bond donors (Lipinski definition) is 0. The highest BCUT2D eigenvalue weighted by Gasteiger charge is 2.40. The molecule has 0 radical (unpaired) electrons. The Kier molecular flexibility index (Phi) is 7.74. The third kappa shape index (κ3) is 6.20. The molecule has 1 saturated carbocycles. The molecule has 1 aliphatic rings. The molecule has 0 amide bonds. The molecule has 0 bridgehead atoms. The quantitative estimate of drug-likeness (QED) is 0.312. The van der Waals surface area contributed by atoms with Crippen LogP contribution in [0.5, 0.6) is 0 Å². The molecule has 30 heavy (non-hydrogen) atoms. The predicted octanol–water partition coefficient (Wildman–Crippen LogP) is 8.61. The number of allylic oxidation sites excluding steroid dienone is 1. The monoisotopic (exact) mass is 418 g/mol. The van der Waals surface area contributed by atoms with Gasteiger partial charge in [0.25, 0.3) is 0 Å². The Labute approximate surface area is 177 Å². The zero-order chi connectivity index (χ0) is 21.6. The SMILES string of the molecule is CCCCCc1ccc(-c2ccc(C=CC3CCC(C(F)(F)F)CC3)cc2F)cc1. The Balaban J connectivity index is 1.59. The van der Waals surface area contributed by atoms with E-state index in [1.54, 1.807) is 6.07 Å². The molecule has 0 nitrogen and oxygen atoms in total. The lowest BCUT2D eigenvalue weighted by Crippen LogP contribution is -2.27. The molecule has 0 saturated heterocycles. The van der Waals surface area contributed by atoms with E-state index in [0.717, 1.165) is 17.5 Å². The van der Waals surface area contributed by atoms with E-state index >= 15 is 0 Å². The summed E-state index contributed by atoms with van der Waals surface area (Å²) in [6.45, 7) is 2.18. The van der Waals surface area contributed by atoms with Crippen LogP contribution in [0.1, 0.15) is 63.0 Å². The molecule has 0 unspecified atom stereocenters. The van der Waals surface area contributed by atoms with Crippen LogP contribution in [0.4, 0.5) is 17.6 Å². The summed E-state index contributed by atoms with van der Waals surface area (Å²) in [7, 11) is 0. The van der Waals surface area contributed by atoms with Gasteiger partial charge in [-0.15, -0.1) is 0 Å². The van der Waals surface area contributed by atoms with Crippen LogP contribution in [0.25, 0.3) is 17.2 Å². The van der Waals surface area contributed by atoms with Gasteiger partial charge in [0.15, 0.2) is 0 Å². The van der Waals surface area contributed by atoms with Crippen LogP contribution in [0, 0.1) is 17.7 Å². The first-order chi connectivity index (χ1) is 14.4. The summed E-state index contributed by atoms with van der Waals surface area (Å²) >= 11 is 0. The van der Waals surface area contributed by atoms with E-state index in [9.17, 15) is 17.6 Å². The molecule has 2 aromatic carbocycles. The number of aryl methyl sites for hydroxylation is 1. The van der Waals surface area contributed by atoms with Gasteiger partial charge in [-0.25, -0.2) is 4.39 Å². The van der Waals surface area contributed by atoms with E-state index < -0.39 is 12.1 Å². The van der Waals surface area contributed by atoms with Gasteiger partial charge in [0.05, 0.1) is 5.92 Å². The molecular formula is C26H30F4. The van der Waals surface area contributed by atoms with Crippen LogP contribution in [0.3, 0.4) is 0 Å². The van der Waals surface area contributed by atoms with Gasteiger partial charge in [0, 0.05) is 5.56 Å². The van der Waals surface area contributed by atoms with Gasteiger partial charge in [-0.2, -0.15) is 13.2 Å². The van der Waals surface area contributed by atoms with Gasteiger partial charge in [-0.3, -0.25) is 0 Å². The summed E-state index contributed by atoms with van der Waals surface area (Å²) in [5.41, 5.74) is 3.43. The van der Waals surface area contributed by atoms with Gasteiger partial charge in [-0.05, 0) is 67.2 Å². The van der Waals surface area contributed by atoms with Crippen molar-refractivity contribution in [3.8, 4) is 11.1 Å². The van der Waals surface area contributed by atoms with E-state index in [-0.39, 0.29) is 24.6 Å². The van der Waals surface area contributed by atoms with Crippen molar-refractivity contribution in [1.82, 2.24) is 0 Å². The largest absolute Gasteiger partial charge is 0.391 e. The van der Waals surface area contributed by atoms with Gasteiger partial charge in [0.1, 0.15) is 5.82 Å². The molecule has 0 N–H and O–H groups in total. The summed E-state index contributed by atoms with van der Waals surface area (Å²) in [5.74, 6) is -1.32. The second-order valence-corrected chi connectivity index (χ2v) is 8.41. The van der Waals surface area contributed by atoms with E-state index in [2.05, 4.69) is 19.1 Å². The Bertz CT molecular complexity index is 825. The first-order valence-electron chi connectivity index (χ1n) is 11.0. The lowest BCUT2D eigenvalue weighted by molar-refractivity contribution is -0.183. The molecule has 0 atom stereocenters. The summed E-state index contributed by atoms with van der Waals surface area (Å²) in [6.07, 6.45) is 5.75. The maximum Gasteiger partial charge on any atom is 0.391 e. The third-order valence-corrected chi connectivity index (χ3v) is 6.12. The van der Waals surface area contributed by atoms with Crippen LogP contribution in [0.2, 0.25) is 0 Å². The van der Waals surface area contributed by atoms with E-state index in [0.29, 0.717) is 18.4 Å². The van der Waals surface area contributed by atoms with Crippen LogP contribution < -0.4 is 0 Å². The van der Waals surface area contributed by atoms with Crippen molar-refractivity contribution in [2.24, 2.45) is 11.8 Å². The van der Waals surface area contributed by atoms with Crippen molar-refractivity contribution in [2.45, 2.75) is 64.5 Å². The molecule has 4 heteroatoms. The third-order valence-electron chi connectivity index (χ3n) is 6.12. The second kappa shape index (κ2) is 10.3. The molecule has 2 aromatic rings. The minimum atomic E-state index is -4.08. The van der Waals surface area contributed by atoms with Crippen molar-refractivity contribution in [3.05, 3.63) is 65.5 Å². The highest BCUT2D eigenvalue weighted by atomic mass is 19.4. The van der Waals surface area contributed by atoms with Crippen molar-refractivity contribution >= 4 is 6.08 Å². The molecule has 0 spiro atoms. The lowest BCUT2D eigenvalue weighted by Gasteiger charge is -2.28. The van der Waals surface area contributed by atoms with Crippen molar-refractivity contribution < 1.29 is 17.6 Å². The summed E-state index contributed by atoms with van der Waals surface area (Å²) < 4.78 is 53.0. The molecule has 1 aliphatic carbocycles. The fourth-order valence-electron chi connectivity index (χ4n) is 4.19. The van der Waals surface area contributed by atoms with Crippen molar-refractivity contribution in [1.29, 1.82) is 0 Å². The van der Waals surface area contributed by atoms with E-state index in [4.69, 9.17) is 0 Å². The van der Waals surface area contributed by atoms with Gasteiger partial charge in [-0.1, -0.05) is 68.3 Å². The van der Waals surface area contributed by atoms with Crippen molar-refractivity contribution in [2.75, 3.05) is 0 Å². The van der Waals surface area contributed by atoms with Gasteiger partial charge >= 0.3 is 6.18 Å². The topological polar surface area (TPSA) is 0 Å². The smallest absolute Gasteiger partial charge is 0.206 e. The normalized spacial score (nSPS) is 20.0. The minimum absolute atomic E-state index is 0.131. The zero-order valence-electron chi connectivity index (χ0n) is 17.5. The Morgan fingerprint density at radius 2 is 1.63 bits per heavy atom. The zero-order valence-corrected chi connectivity index (χ0v) is 17.5. The number of unbranched alkanes of at least 4 members (excludes halogenated alkanes) is 2. The summed E-state index contributed by atoms with van der Waals surface area (Å²) in [4.78, 5) is 0. The molecule has 162 valence electrons. The maximum absolute atomic E-state index is 14.7. The number of alkyl halides is 3. The highest BCUT2D eigenvalue weighted by molar-refractivity contribution is 5.66. The second-order valence-electron chi connectivity index (χ2n) is 8.41. The first kappa shape index (κ1) is 22.6. The Hall–Kier alpha value is -2.10. The standard InChI is InChI=1S/C26H30F4/c1-2-3-4-5-19-8-13-22(14-9-19)24-17-12-21(18-25(24)27)7-6-20-10-15-23(16-11-20)26(28,29)30/h6-9,12-14,17-18,20,23H,2-5,10-11,15-16H2,1H3. The Morgan fingerprint density at radius 1 is 0.933 bits per heavy atom. The van der Waals surface area contributed by atoms with Crippen LogP contribution >= 0.6 is 0 Å². The van der Waals surface area contributed by atoms with E-state index in [1.165, 1.54) is 30.9 Å². The molecular weight excluding hydrogens is 388 g/mol. The minimum Gasteiger partial charge on any atom is -0.206 e. The number of rotatable bonds is 7. The lowest BCUT2D eigenvalue weighted by atomic mass is 9.81. The predicted molar refractivity (Wildman–Crippen MR) is 116 cm³/mol. The van der Waals surface area contributed by atoms with Gasteiger partial charge < -0.3 is 0 Å². The van der Waals surface area contributed by atoms with Crippen LogP contribution in [0.15, 0.2) is 48.5 Å². The first-order valence-corrected chi connectivity index (χ1v) is 11.0. The van der Waals surface area contributed by atoms with E-state index in [1.807, 2.05) is 30.4 Å². The average molecular weight is 419 g/mol. The fourth-order valence-corrected chi connectivity index (χ4v) is 4.19. The maximum atomic E-state index is 14.7. The van der Waals surface area contributed by atoms with Crippen molar-refractivity contribution in [3.63, 3.8) is 0 Å². The summed E-state index contributed by atoms with van der Waals surface area (Å²) in [6, 6.07) is 13.2. The highest BCUT2D eigenvalue weighted by Crippen LogP contribution is 2.40. The molecule has 0 heterocycles. The number of benzene rings is 2. The summed E-state index contributed by atoms with van der Waals surface area (Å²) in [5, 5.41) is 0. The van der Waals surface area contributed by atoms with Crippen LogP contribution in [-0.2, 0) is 6.42 Å². The Morgan fingerprint density at radius 3 is 2.23 bits per heavy atom. The molecule has 1 fully saturated rings. The molecule has 0 aliphatic heterocycles.